The summed E-state index contributed by atoms with van der Waals surface area (Å²) in [5, 5.41) is 14.6. The normalized spacial score (nSPS) is 12.1. The van der Waals surface area contributed by atoms with E-state index >= 15 is 0 Å². The molecule has 0 saturated heterocycles. The molecule has 2 aromatic heterocycles. The fourth-order valence-electron chi connectivity index (χ4n) is 1.64. The predicted octanol–water partition coefficient (Wildman–Crippen LogP) is 1.49. The highest BCUT2D eigenvalue weighted by Crippen LogP contribution is 2.20. The molecule has 20 heavy (non-hydrogen) atoms. The van der Waals surface area contributed by atoms with E-state index in [4.69, 9.17) is 0 Å². The molecule has 1 amide bonds. The third kappa shape index (κ3) is 3.82. The van der Waals surface area contributed by atoms with Gasteiger partial charge in [-0.15, -0.1) is 11.3 Å². The van der Waals surface area contributed by atoms with Crippen LogP contribution in [0.5, 0.6) is 0 Å². The Kier molecular flexibility index (Phi) is 5.14. The minimum absolute atomic E-state index is 0.241. The largest absolute Gasteiger partial charge is 0.391 e. The molecule has 2 rings (SSSR count). The number of aromatic nitrogens is 3. The molecule has 0 radical (unpaired) electrons. The van der Waals surface area contributed by atoms with E-state index < -0.39 is 6.10 Å². The zero-order valence-electron chi connectivity index (χ0n) is 11.1. The SMILES string of the molecule is CCCC(O)CNC(=O)c1csc(-c2cnccn2)n1. The van der Waals surface area contributed by atoms with Gasteiger partial charge in [0.1, 0.15) is 16.4 Å². The van der Waals surface area contributed by atoms with Crippen molar-refractivity contribution < 1.29 is 9.90 Å². The van der Waals surface area contributed by atoms with Gasteiger partial charge in [0.05, 0.1) is 12.3 Å². The first-order valence-electron chi connectivity index (χ1n) is 6.39. The van der Waals surface area contributed by atoms with Crippen LogP contribution in [0.4, 0.5) is 0 Å². The molecule has 0 aliphatic rings. The summed E-state index contributed by atoms with van der Waals surface area (Å²) in [7, 11) is 0. The Labute approximate surface area is 120 Å². The van der Waals surface area contributed by atoms with Gasteiger partial charge in [-0.3, -0.25) is 14.8 Å². The standard InChI is InChI=1S/C13H16N4O2S/c1-2-3-9(18)6-16-12(19)11-8-20-13(17-11)10-7-14-4-5-15-10/h4-5,7-9,18H,2-3,6H2,1H3,(H,16,19). The summed E-state index contributed by atoms with van der Waals surface area (Å²) in [6, 6.07) is 0. The van der Waals surface area contributed by atoms with Gasteiger partial charge in [-0.05, 0) is 6.42 Å². The molecule has 0 aliphatic heterocycles. The Morgan fingerprint density at radius 1 is 1.50 bits per heavy atom. The van der Waals surface area contributed by atoms with Gasteiger partial charge in [-0.1, -0.05) is 13.3 Å². The van der Waals surface area contributed by atoms with Gasteiger partial charge in [0.15, 0.2) is 0 Å². The molecular formula is C13H16N4O2S. The Balaban J connectivity index is 1.97. The molecule has 6 nitrogen and oxygen atoms in total. The second-order valence-electron chi connectivity index (χ2n) is 4.28. The van der Waals surface area contributed by atoms with E-state index in [1.165, 1.54) is 11.3 Å². The molecule has 1 atom stereocenters. The van der Waals surface area contributed by atoms with Crippen molar-refractivity contribution in [2.24, 2.45) is 0 Å². The van der Waals surface area contributed by atoms with Crippen LogP contribution in [0.25, 0.3) is 10.7 Å². The van der Waals surface area contributed by atoms with Gasteiger partial charge >= 0.3 is 0 Å². The molecule has 106 valence electrons. The van der Waals surface area contributed by atoms with Crippen molar-refractivity contribution in [3.8, 4) is 10.7 Å². The number of rotatable bonds is 6. The average Bonchev–Trinajstić information content (AvgIpc) is 2.96. The second kappa shape index (κ2) is 7.06. The van der Waals surface area contributed by atoms with Gasteiger partial charge < -0.3 is 10.4 Å². The summed E-state index contributed by atoms with van der Waals surface area (Å²) >= 11 is 1.34. The monoisotopic (exact) mass is 292 g/mol. The average molecular weight is 292 g/mol. The summed E-state index contributed by atoms with van der Waals surface area (Å²) in [4.78, 5) is 24.2. The molecule has 1 unspecified atom stereocenters. The highest BCUT2D eigenvalue weighted by molar-refractivity contribution is 7.13. The van der Waals surface area contributed by atoms with Gasteiger partial charge in [-0.25, -0.2) is 4.98 Å². The van der Waals surface area contributed by atoms with Crippen molar-refractivity contribution in [1.82, 2.24) is 20.3 Å². The first-order valence-corrected chi connectivity index (χ1v) is 7.27. The molecule has 2 N–H and O–H groups in total. The summed E-state index contributed by atoms with van der Waals surface area (Å²) in [6.45, 7) is 2.23. The Morgan fingerprint density at radius 3 is 3.05 bits per heavy atom. The van der Waals surface area contributed by atoms with Crippen LogP contribution in [-0.2, 0) is 0 Å². The van der Waals surface area contributed by atoms with Crippen molar-refractivity contribution in [2.45, 2.75) is 25.9 Å². The minimum atomic E-state index is -0.512. The maximum atomic E-state index is 11.9. The fourth-order valence-corrected chi connectivity index (χ4v) is 2.40. The highest BCUT2D eigenvalue weighted by Gasteiger charge is 2.13. The number of carbonyl (C=O) groups is 1. The van der Waals surface area contributed by atoms with E-state index in [1.807, 2.05) is 6.92 Å². The Bertz CT molecular complexity index is 559. The summed E-state index contributed by atoms with van der Waals surface area (Å²) in [5.41, 5.74) is 0.974. The molecule has 0 saturated carbocycles. The van der Waals surface area contributed by atoms with Crippen LogP contribution >= 0.6 is 11.3 Å². The minimum Gasteiger partial charge on any atom is -0.391 e. The van der Waals surface area contributed by atoms with Gasteiger partial charge in [-0.2, -0.15) is 0 Å². The fraction of sp³-hybridized carbons (Fsp3) is 0.385. The van der Waals surface area contributed by atoms with Crippen molar-refractivity contribution >= 4 is 17.2 Å². The van der Waals surface area contributed by atoms with Gasteiger partial charge in [0, 0.05) is 24.3 Å². The summed E-state index contributed by atoms with van der Waals surface area (Å²) in [5.74, 6) is -0.286. The van der Waals surface area contributed by atoms with Gasteiger partial charge in [0.25, 0.3) is 5.91 Å². The summed E-state index contributed by atoms with van der Waals surface area (Å²) in [6.07, 6.45) is 5.80. The highest BCUT2D eigenvalue weighted by atomic mass is 32.1. The van der Waals surface area contributed by atoms with E-state index in [-0.39, 0.29) is 12.5 Å². The maximum Gasteiger partial charge on any atom is 0.270 e. The molecule has 0 aliphatic carbocycles. The zero-order chi connectivity index (χ0) is 14.4. The first-order chi connectivity index (χ1) is 9.70. The Hall–Kier alpha value is -1.86. The van der Waals surface area contributed by atoms with Crippen LogP contribution in [0.3, 0.4) is 0 Å². The van der Waals surface area contributed by atoms with Crippen LogP contribution in [0, 0.1) is 0 Å². The number of nitrogens with zero attached hydrogens (tertiary/aromatic N) is 3. The van der Waals surface area contributed by atoms with E-state index in [1.54, 1.807) is 24.0 Å². The smallest absolute Gasteiger partial charge is 0.270 e. The van der Waals surface area contributed by atoms with Crippen molar-refractivity contribution in [2.75, 3.05) is 6.54 Å². The lowest BCUT2D eigenvalue weighted by molar-refractivity contribution is 0.0906. The second-order valence-corrected chi connectivity index (χ2v) is 5.14. The first kappa shape index (κ1) is 14.5. The lowest BCUT2D eigenvalue weighted by atomic mass is 10.2. The van der Waals surface area contributed by atoms with E-state index in [2.05, 4.69) is 20.3 Å². The van der Waals surface area contributed by atoms with E-state index in [9.17, 15) is 9.90 Å². The number of thiazole rings is 1. The van der Waals surface area contributed by atoms with E-state index in [0.717, 1.165) is 6.42 Å². The number of hydrogen-bond donors (Lipinski definition) is 2. The molecule has 0 bridgehead atoms. The molecule has 7 heteroatoms. The Morgan fingerprint density at radius 2 is 2.35 bits per heavy atom. The third-order valence-corrected chi connectivity index (χ3v) is 3.50. The number of amides is 1. The summed E-state index contributed by atoms with van der Waals surface area (Å²) < 4.78 is 0. The molecular weight excluding hydrogens is 276 g/mol. The van der Waals surface area contributed by atoms with Crippen LogP contribution in [0.2, 0.25) is 0 Å². The van der Waals surface area contributed by atoms with Crippen molar-refractivity contribution in [3.63, 3.8) is 0 Å². The van der Waals surface area contributed by atoms with Crippen LogP contribution < -0.4 is 5.32 Å². The van der Waals surface area contributed by atoms with Crippen molar-refractivity contribution in [3.05, 3.63) is 29.7 Å². The number of hydrogen-bond acceptors (Lipinski definition) is 6. The lowest BCUT2D eigenvalue weighted by Crippen LogP contribution is -2.32. The maximum absolute atomic E-state index is 11.9. The number of carbonyl (C=O) groups excluding carboxylic acids is 1. The molecule has 2 heterocycles. The van der Waals surface area contributed by atoms with Crippen LogP contribution in [-0.4, -0.2) is 38.6 Å². The number of aliphatic hydroxyl groups is 1. The molecule has 2 aromatic rings. The molecule has 0 fully saturated rings. The molecule has 0 aromatic carbocycles. The van der Waals surface area contributed by atoms with Gasteiger partial charge in [0.2, 0.25) is 0 Å². The quantitative estimate of drug-likeness (QED) is 0.842. The predicted molar refractivity (Wildman–Crippen MR) is 76.4 cm³/mol. The lowest BCUT2D eigenvalue weighted by Gasteiger charge is -2.09. The third-order valence-electron chi connectivity index (χ3n) is 2.64. The number of aliphatic hydroxyl groups excluding tert-OH is 1. The zero-order valence-corrected chi connectivity index (χ0v) is 11.9. The van der Waals surface area contributed by atoms with Crippen LogP contribution in [0.1, 0.15) is 30.3 Å². The topological polar surface area (TPSA) is 88.0 Å². The van der Waals surface area contributed by atoms with Crippen molar-refractivity contribution in [1.29, 1.82) is 0 Å². The molecule has 0 spiro atoms. The number of nitrogens with one attached hydrogen (secondary N) is 1. The van der Waals surface area contributed by atoms with E-state index in [0.29, 0.717) is 22.8 Å². The van der Waals surface area contributed by atoms with Crippen LogP contribution in [0.15, 0.2) is 24.0 Å².